The Hall–Kier alpha value is -2.23. The minimum atomic E-state index is -0.00181. The van der Waals surface area contributed by atoms with Gasteiger partial charge in [-0.05, 0) is 38.8 Å². The normalized spacial score (nSPS) is 17.1. The maximum atomic E-state index is 12.9. The monoisotopic (exact) mass is 267 g/mol. The van der Waals surface area contributed by atoms with E-state index in [1.807, 2.05) is 36.9 Å². The molecule has 1 aromatic carbocycles. The number of carbonyl (C=O) groups is 1. The van der Waals surface area contributed by atoms with E-state index in [1.54, 1.807) is 0 Å². The lowest BCUT2D eigenvalue weighted by Gasteiger charge is -2.23. The number of fused-ring (bicyclic) bond motifs is 1. The molecule has 2 heterocycles. The summed E-state index contributed by atoms with van der Waals surface area (Å²) in [6, 6.07) is 8.24. The van der Waals surface area contributed by atoms with Crippen LogP contribution in [0.1, 0.15) is 34.2 Å². The van der Waals surface area contributed by atoms with Gasteiger partial charge in [0.15, 0.2) is 0 Å². The van der Waals surface area contributed by atoms with Crippen molar-refractivity contribution >= 4 is 11.6 Å². The highest BCUT2D eigenvalue weighted by Gasteiger charge is 2.32. The molecule has 0 spiro atoms. The number of amides is 1. The van der Waals surface area contributed by atoms with Gasteiger partial charge in [0.1, 0.15) is 6.33 Å². The van der Waals surface area contributed by atoms with E-state index >= 15 is 0 Å². The molecule has 1 aliphatic rings. The number of carbonyl (C=O) groups excluding carboxylic acids is 1. The Bertz CT molecular complexity index is 661. The fraction of sp³-hybridized carbons (Fsp3) is 0.312. The number of anilines is 1. The van der Waals surface area contributed by atoms with Gasteiger partial charge in [-0.1, -0.05) is 18.2 Å². The minimum Gasteiger partial charge on any atom is -0.305 e. The van der Waals surface area contributed by atoms with E-state index in [1.165, 1.54) is 11.9 Å². The van der Waals surface area contributed by atoms with Gasteiger partial charge in [0.2, 0.25) is 0 Å². The molecule has 0 bridgehead atoms. The number of nitrogens with zero attached hydrogens (tertiary/aromatic N) is 3. The van der Waals surface area contributed by atoms with E-state index in [-0.39, 0.29) is 11.9 Å². The number of hydrogen-bond donors (Lipinski definition) is 0. The van der Waals surface area contributed by atoms with Crippen molar-refractivity contribution in [2.75, 3.05) is 4.90 Å². The largest absolute Gasteiger partial charge is 0.305 e. The van der Waals surface area contributed by atoms with E-state index in [9.17, 15) is 4.79 Å². The maximum absolute atomic E-state index is 12.9. The smallest absolute Gasteiger partial charge is 0.262 e. The Morgan fingerprint density at radius 1 is 1.20 bits per heavy atom. The summed E-state index contributed by atoms with van der Waals surface area (Å²) in [5.41, 5.74) is 4.32. The Morgan fingerprint density at radius 2 is 1.85 bits per heavy atom. The van der Waals surface area contributed by atoms with Crippen LogP contribution < -0.4 is 4.90 Å². The third kappa shape index (κ3) is 1.88. The molecule has 3 rings (SSSR count). The third-order valence-corrected chi connectivity index (χ3v) is 3.87. The highest BCUT2D eigenvalue weighted by molar-refractivity contribution is 6.09. The first-order chi connectivity index (χ1) is 9.59. The second-order valence-corrected chi connectivity index (χ2v) is 5.28. The summed E-state index contributed by atoms with van der Waals surface area (Å²) in [7, 11) is 0. The van der Waals surface area contributed by atoms with Crippen LogP contribution >= 0.6 is 0 Å². The van der Waals surface area contributed by atoms with Gasteiger partial charge in [-0.3, -0.25) is 4.79 Å². The molecule has 20 heavy (non-hydrogen) atoms. The van der Waals surface area contributed by atoms with E-state index in [2.05, 4.69) is 23.0 Å². The predicted octanol–water partition coefficient (Wildman–Crippen LogP) is 2.68. The lowest BCUT2D eigenvalue weighted by Crippen LogP contribution is -2.36. The second-order valence-electron chi connectivity index (χ2n) is 5.28. The topological polar surface area (TPSA) is 46.1 Å². The Balaban J connectivity index is 2.08. The van der Waals surface area contributed by atoms with Crippen molar-refractivity contribution in [3.8, 4) is 0 Å². The second kappa shape index (κ2) is 4.71. The Labute approximate surface area is 118 Å². The summed E-state index contributed by atoms with van der Waals surface area (Å²) in [5, 5.41) is 0. The zero-order valence-corrected chi connectivity index (χ0v) is 11.9. The molecule has 4 nitrogen and oxygen atoms in total. The standard InChI is InChI=1S/C16H17N3O/c1-10-8-13-6-4-5-7-14(13)19(10)16(20)15-11(2)17-9-18-12(15)3/h4-7,9-10H,8H2,1-3H3. The average Bonchev–Trinajstić information content (AvgIpc) is 2.74. The van der Waals surface area contributed by atoms with Crippen molar-refractivity contribution in [2.24, 2.45) is 0 Å². The molecule has 1 aromatic heterocycles. The lowest BCUT2D eigenvalue weighted by atomic mass is 10.1. The number of aromatic nitrogens is 2. The van der Waals surface area contributed by atoms with Crippen LogP contribution in [0, 0.1) is 13.8 Å². The molecule has 0 saturated heterocycles. The fourth-order valence-electron chi connectivity index (χ4n) is 2.90. The van der Waals surface area contributed by atoms with Crippen molar-refractivity contribution < 1.29 is 4.79 Å². The zero-order chi connectivity index (χ0) is 14.3. The van der Waals surface area contributed by atoms with Gasteiger partial charge in [0.05, 0.1) is 17.0 Å². The highest BCUT2D eigenvalue weighted by Crippen LogP contribution is 2.33. The molecule has 1 amide bonds. The molecule has 4 heteroatoms. The van der Waals surface area contributed by atoms with E-state index < -0.39 is 0 Å². The van der Waals surface area contributed by atoms with Crippen LogP contribution in [0.25, 0.3) is 0 Å². The molecule has 0 fully saturated rings. The zero-order valence-electron chi connectivity index (χ0n) is 11.9. The molecule has 1 atom stereocenters. The SMILES string of the molecule is Cc1ncnc(C)c1C(=O)N1c2ccccc2CC1C. The molecule has 1 aliphatic heterocycles. The molecule has 2 aromatic rings. The van der Waals surface area contributed by atoms with Crippen molar-refractivity contribution in [1.82, 2.24) is 9.97 Å². The summed E-state index contributed by atoms with van der Waals surface area (Å²) >= 11 is 0. The van der Waals surface area contributed by atoms with Crippen LogP contribution in [-0.2, 0) is 6.42 Å². The predicted molar refractivity (Wildman–Crippen MR) is 77.9 cm³/mol. The van der Waals surface area contributed by atoms with Crippen molar-refractivity contribution in [3.05, 3.63) is 53.1 Å². The molecular weight excluding hydrogens is 250 g/mol. The summed E-state index contributed by atoms with van der Waals surface area (Å²) in [4.78, 5) is 23.1. The summed E-state index contributed by atoms with van der Waals surface area (Å²) in [6.45, 7) is 5.79. The van der Waals surface area contributed by atoms with Gasteiger partial charge in [-0.25, -0.2) is 9.97 Å². The summed E-state index contributed by atoms with van der Waals surface area (Å²) in [5.74, 6) is -0.00181. The van der Waals surface area contributed by atoms with E-state index in [4.69, 9.17) is 0 Å². The summed E-state index contributed by atoms with van der Waals surface area (Å²) in [6.07, 6.45) is 2.40. The van der Waals surface area contributed by atoms with Gasteiger partial charge in [0, 0.05) is 11.7 Å². The number of rotatable bonds is 1. The van der Waals surface area contributed by atoms with E-state index in [0.29, 0.717) is 5.56 Å². The Kier molecular flexibility index (Phi) is 3.01. The first kappa shape index (κ1) is 12.8. The van der Waals surface area contributed by atoms with Crippen LogP contribution in [0.2, 0.25) is 0 Å². The number of hydrogen-bond acceptors (Lipinski definition) is 3. The summed E-state index contributed by atoms with van der Waals surface area (Å²) < 4.78 is 0. The lowest BCUT2D eigenvalue weighted by molar-refractivity contribution is 0.0979. The van der Waals surface area contributed by atoms with Crippen LogP contribution in [-0.4, -0.2) is 21.9 Å². The van der Waals surface area contributed by atoms with Crippen molar-refractivity contribution in [1.29, 1.82) is 0 Å². The quantitative estimate of drug-likeness (QED) is 0.798. The first-order valence-corrected chi connectivity index (χ1v) is 6.79. The molecule has 102 valence electrons. The number of para-hydroxylation sites is 1. The van der Waals surface area contributed by atoms with Crippen LogP contribution in [0.4, 0.5) is 5.69 Å². The molecule has 0 radical (unpaired) electrons. The minimum absolute atomic E-state index is 0.00181. The molecule has 1 unspecified atom stereocenters. The molecular formula is C16H17N3O. The maximum Gasteiger partial charge on any atom is 0.262 e. The molecule has 0 N–H and O–H groups in total. The van der Waals surface area contributed by atoms with Crippen LogP contribution in [0.15, 0.2) is 30.6 Å². The molecule has 0 saturated carbocycles. The Morgan fingerprint density at radius 3 is 2.55 bits per heavy atom. The van der Waals surface area contributed by atoms with Crippen molar-refractivity contribution in [2.45, 2.75) is 33.2 Å². The first-order valence-electron chi connectivity index (χ1n) is 6.79. The average molecular weight is 267 g/mol. The third-order valence-electron chi connectivity index (χ3n) is 3.87. The van der Waals surface area contributed by atoms with Gasteiger partial charge < -0.3 is 4.90 Å². The number of aryl methyl sites for hydroxylation is 2. The van der Waals surface area contributed by atoms with Gasteiger partial charge in [-0.15, -0.1) is 0 Å². The van der Waals surface area contributed by atoms with Crippen LogP contribution in [0.3, 0.4) is 0 Å². The molecule has 0 aliphatic carbocycles. The highest BCUT2D eigenvalue weighted by atomic mass is 16.2. The van der Waals surface area contributed by atoms with Crippen molar-refractivity contribution in [3.63, 3.8) is 0 Å². The van der Waals surface area contributed by atoms with Gasteiger partial charge >= 0.3 is 0 Å². The van der Waals surface area contributed by atoms with E-state index in [0.717, 1.165) is 23.5 Å². The fourth-order valence-corrected chi connectivity index (χ4v) is 2.90. The van der Waals surface area contributed by atoms with Crippen LogP contribution in [0.5, 0.6) is 0 Å². The van der Waals surface area contributed by atoms with Gasteiger partial charge in [-0.2, -0.15) is 0 Å². The number of benzene rings is 1. The van der Waals surface area contributed by atoms with Gasteiger partial charge in [0.25, 0.3) is 5.91 Å².